The van der Waals surface area contributed by atoms with Crippen LogP contribution in [0.2, 0.25) is 5.02 Å². The third-order valence-corrected chi connectivity index (χ3v) is 2.05. The van der Waals surface area contributed by atoms with E-state index < -0.39 is 0 Å². The van der Waals surface area contributed by atoms with Crippen molar-refractivity contribution < 1.29 is 9.94 Å². The average molecular weight is 238 g/mol. The number of unbranched alkanes of at least 4 members (excludes halogenated alkanes) is 1. The molecule has 0 aliphatic heterocycles. The van der Waals surface area contributed by atoms with Gasteiger partial charge < -0.3 is 9.94 Å². The lowest BCUT2D eigenvalue weighted by Gasteiger charge is -1.99. The van der Waals surface area contributed by atoms with E-state index in [1.54, 1.807) is 12.1 Å². The first-order chi connectivity index (χ1) is 7.74. The zero-order valence-electron chi connectivity index (χ0n) is 8.69. The summed E-state index contributed by atoms with van der Waals surface area (Å²) in [4.78, 5) is 4.95. The number of phenolic OH excluding ortho intramolecular Hbond substituents is 1. The molecule has 0 saturated carbocycles. The summed E-state index contributed by atoms with van der Waals surface area (Å²) in [5.41, 5.74) is 0.518. The Hall–Kier alpha value is -1.66. The van der Waals surface area contributed by atoms with Crippen molar-refractivity contribution in [1.29, 1.82) is 0 Å². The standard InChI is InChI=1S/C12H12ClNO2/c1-2-3-4-7-16-14-9-10-8-11(13)5-6-12(10)15/h1,5-6,8-9,15H,3-4,7H2/b14-9+. The van der Waals surface area contributed by atoms with Crippen molar-refractivity contribution in [3.05, 3.63) is 28.8 Å². The van der Waals surface area contributed by atoms with Gasteiger partial charge in [0.15, 0.2) is 0 Å². The SMILES string of the molecule is C#CCCCO/N=C/c1cc(Cl)ccc1O. The van der Waals surface area contributed by atoms with E-state index in [9.17, 15) is 5.11 Å². The Morgan fingerprint density at radius 3 is 3.12 bits per heavy atom. The number of halogens is 1. The lowest BCUT2D eigenvalue weighted by molar-refractivity contribution is 0.144. The molecule has 0 aliphatic rings. The van der Waals surface area contributed by atoms with Gasteiger partial charge in [0.25, 0.3) is 0 Å². The van der Waals surface area contributed by atoms with Gasteiger partial charge in [-0.1, -0.05) is 16.8 Å². The summed E-state index contributed by atoms with van der Waals surface area (Å²) < 4.78 is 0. The summed E-state index contributed by atoms with van der Waals surface area (Å²) in [6.45, 7) is 0.460. The molecule has 0 aromatic heterocycles. The van der Waals surface area contributed by atoms with E-state index in [4.69, 9.17) is 22.9 Å². The van der Waals surface area contributed by atoms with E-state index in [2.05, 4.69) is 11.1 Å². The van der Waals surface area contributed by atoms with Crippen LogP contribution >= 0.6 is 11.6 Å². The Bertz CT molecular complexity index is 410. The Kier molecular flexibility index (Phi) is 5.24. The summed E-state index contributed by atoms with van der Waals surface area (Å²) in [5, 5.41) is 13.7. The summed E-state index contributed by atoms with van der Waals surface area (Å²) in [7, 11) is 0. The molecule has 0 heterocycles. The van der Waals surface area contributed by atoms with Gasteiger partial charge in [0.1, 0.15) is 12.4 Å². The van der Waals surface area contributed by atoms with Gasteiger partial charge >= 0.3 is 0 Å². The van der Waals surface area contributed by atoms with E-state index in [1.807, 2.05) is 0 Å². The van der Waals surface area contributed by atoms with Crippen molar-refractivity contribution in [2.24, 2.45) is 5.16 Å². The van der Waals surface area contributed by atoms with E-state index in [1.165, 1.54) is 12.3 Å². The van der Waals surface area contributed by atoms with Crippen molar-refractivity contribution in [1.82, 2.24) is 0 Å². The monoisotopic (exact) mass is 237 g/mol. The van der Waals surface area contributed by atoms with Gasteiger partial charge in [-0.15, -0.1) is 12.3 Å². The molecule has 1 rings (SSSR count). The third kappa shape index (κ3) is 4.24. The molecule has 0 atom stereocenters. The number of aromatic hydroxyl groups is 1. The molecule has 1 aromatic rings. The molecule has 1 aromatic carbocycles. The van der Waals surface area contributed by atoms with E-state index in [-0.39, 0.29) is 5.75 Å². The van der Waals surface area contributed by atoms with Crippen LogP contribution in [0.3, 0.4) is 0 Å². The number of nitrogens with zero attached hydrogens (tertiary/aromatic N) is 1. The highest BCUT2D eigenvalue weighted by Crippen LogP contribution is 2.19. The fraction of sp³-hybridized carbons (Fsp3) is 0.250. The summed E-state index contributed by atoms with van der Waals surface area (Å²) >= 11 is 5.76. The molecule has 0 radical (unpaired) electrons. The topological polar surface area (TPSA) is 41.8 Å². The highest BCUT2D eigenvalue weighted by atomic mass is 35.5. The molecule has 0 fully saturated rings. The van der Waals surface area contributed by atoms with Gasteiger partial charge in [0.05, 0.1) is 6.21 Å². The molecule has 3 nitrogen and oxygen atoms in total. The second kappa shape index (κ2) is 6.76. The van der Waals surface area contributed by atoms with Crippen LogP contribution in [0.15, 0.2) is 23.4 Å². The average Bonchev–Trinajstić information content (AvgIpc) is 2.28. The quantitative estimate of drug-likeness (QED) is 0.370. The minimum Gasteiger partial charge on any atom is -0.507 e. The highest BCUT2D eigenvalue weighted by Gasteiger charge is 1.98. The number of oxime groups is 1. The van der Waals surface area contributed by atoms with E-state index in [0.29, 0.717) is 23.6 Å². The van der Waals surface area contributed by atoms with Gasteiger partial charge in [0.2, 0.25) is 0 Å². The molecule has 4 heteroatoms. The number of hydrogen-bond donors (Lipinski definition) is 1. The summed E-state index contributed by atoms with van der Waals surface area (Å²) in [6.07, 6.45) is 7.92. The molecule has 84 valence electrons. The molecule has 0 bridgehead atoms. The maximum atomic E-state index is 9.44. The lowest BCUT2D eigenvalue weighted by atomic mass is 10.2. The second-order valence-electron chi connectivity index (χ2n) is 3.08. The first-order valence-electron chi connectivity index (χ1n) is 4.81. The predicted molar refractivity (Wildman–Crippen MR) is 64.7 cm³/mol. The molecule has 16 heavy (non-hydrogen) atoms. The van der Waals surface area contributed by atoms with Gasteiger partial charge in [-0.2, -0.15) is 0 Å². The molecule has 0 spiro atoms. The maximum absolute atomic E-state index is 9.44. The Morgan fingerprint density at radius 2 is 2.38 bits per heavy atom. The van der Waals surface area contributed by atoms with Crippen molar-refractivity contribution in [2.75, 3.05) is 6.61 Å². The van der Waals surface area contributed by atoms with Gasteiger partial charge in [0, 0.05) is 17.0 Å². The van der Waals surface area contributed by atoms with Crippen LogP contribution in [0.25, 0.3) is 0 Å². The Morgan fingerprint density at radius 1 is 1.56 bits per heavy atom. The lowest BCUT2D eigenvalue weighted by Crippen LogP contribution is -1.89. The minimum absolute atomic E-state index is 0.111. The van der Waals surface area contributed by atoms with E-state index in [0.717, 1.165) is 6.42 Å². The van der Waals surface area contributed by atoms with Crippen molar-refractivity contribution in [3.63, 3.8) is 0 Å². The largest absolute Gasteiger partial charge is 0.507 e. The minimum atomic E-state index is 0.111. The first-order valence-corrected chi connectivity index (χ1v) is 5.19. The van der Waals surface area contributed by atoms with E-state index >= 15 is 0 Å². The summed E-state index contributed by atoms with van der Waals surface area (Å²) in [6, 6.07) is 4.70. The van der Waals surface area contributed by atoms with Crippen molar-refractivity contribution in [2.45, 2.75) is 12.8 Å². The molecule has 0 unspecified atom stereocenters. The van der Waals surface area contributed by atoms with Crippen LogP contribution in [-0.2, 0) is 4.84 Å². The maximum Gasteiger partial charge on any atom is 0.124 e. The predicted octanol–water partition coefficient (Wildman–Crippen LogP) is 2.81. The molecule has 1 N–H and O–H groups in total. The number of hydrogen-bond acceptors (Lipinski definition) is 3. The molecule has 0 aliphatic carbocycles. The molecule has 0 amide bonds. The van der Waals surface area contributed by atoms with Gasteiger partial charge in [-0.3, -0.25) is 0 Å². The smallest absolute Gasteiger partial charge is 0.124 e. The van der Waals surface area contributed by atoms with Crippen LogP contribution in [0.5, 0.6) is 5.75 Å². The number of terminal acetylenes is 1. The number of phenols is 1. The van der Waals surface area contributed by atoms with Crippen LogP contribution in [0.1, 0.15) is 18.4 Å². The zero-order chi connectivity index (χ0) is 11.8. The third-order valence-electron chi connectivity index (χ3n) is 1.81. The Labute approximate surface area is 99.7 Å². The zero-order valence-corrected chi connectivity index (χ0v) is 9.44. The van der Waals surface area contributed by atoms with Crippen LogP contribution in [0, 0.1) is 12.3 Å². The second-order valence-corrected chi connectivity index (χ2v) is 3.51. The van der Waals surface area contributed by atoms with Crippen LogP contribution < -0.4 is 0 Å². The van der Waals surface area contributed by atoms with Crippen LogP contribution in [0.4, 0.5) is 0 Å². The Balaban J connectivity index is 2.44. The van der Waals surface area contributed by atoms with Gasteiger partial charge in [-0.05, 0) is 24.6 Å². The summed E-state index contributed by atoms with van der Waals surface area (Å²) in [5.74, 6) is 2.62. The highest BCUT2D eigenvalue weighted by molar-refractivity contribution is 6.30. The van der Waals surface area contributed by atoms with Gasteiger partial charge in [-0.25, -0.2) is 0 Å². The fourth-order valence-electron chi connectivity index (χ4n) is 1.01. The molecular formula is C12H12ClNO2. The van der Waals surface area contributed by atoms with Crippen molar-refractivity contribution in [3.8, 4) is 18.1 Å². The van der Waals surface area contributed by atoms with Crippen molar-refractivity contribution >= 4 is 17.8 Å². The normalized spacial score (nSPS) is 10.2. The molecule has 0 saturated heterocycles. The van der Waals surface area contributed by atoms with Crippen LogP contribution in [-0.4, -0.2) is 17.9 Å². The molecular weight excluding hydrogens is 226 g/mol. The number of rotatable bonds is 5. The first kappa shape index (κ1) is 12.4. The number of benzene rings is 1. The fourth-order valence-corrected chi connectivity index (χ4v) is 1.19.